The number of carboxylic acid groups (broad SMARTS) is 1. The van der Waals surface area contributed by atoms with Crippen LogP contribution in [0.2, 0.25) is 5.15 Å². The normalized spacial score (nSPS) is 9.15. The molecule has 0 aromatic carbocycles. The average Bonchev–Trinajstić information content (AvgIpc) is 1.97. The number of rotatable bonds is 1. The molecule has 0 N–H and O–H groups in total. The Bertz CT molecular complexity index is 350. The van der Waals surface area contributed by atoms with Crippen LogP contribution in [-0.4, -0.2) is 11.0 Å². The topological polar surface area (TPSA) is 53.0 Å². The second-order valence-electron chi connectivity index (χ2n) is 1.87. The SMILES string of the molecule is O=C([O-])c1c(Cl)ncc(I)c1F.[Li+]. The van der Waals surface area contributed by atoms with E-state index in [1.807, 2.05) is 0 Å². The summed E-state index contributed by atoms with van der Waals surface area (Å²) in [5.41, 5.74) is -0.691. The molecule has 0 unspecified atom stereocenters. The van der Waals surface area contributed by atoms with Gasteiger partial charge >= 0.3 is 18.9 Å². The van der Waals surface area contributed by atoms with Crippen molar-refractivity contribution < 1.29 is 33.2 Å². The molecule has 0 aliphatic rings. The van der Waals surface area contributed by atoms with Crippen molar-refractivity contribution in [2.45, 2.75) is 0 Å². The minimum absolute atomic E-state index is 0. The summed E-state index contributed by atoms with van der Waals surface area (Å²) < 4.78 is 13.1. The van der Waals surface area contributed by atoms with Gasteiger partial charge in [-0.25, -0.2) is 9.37 Å². The van der Waals surface area contributed by atoms with E-state index in [1.165, 1.54) is 0 Å². The molecule has 0 spiro atoms. The fourth-order valence-electron chi connectivity index (χ4n) is 0.618. The van der Waals surface area contributed by atoms with Crippen LogP contribution in [0.1, 0.15) is 10.4 Å². The van der Waals surface area contributed by atoms with Gasteiger partial charge in [-0.3, -0.25) is 0 Å². The zero-order valence-corrected chi connectivity index (χ0v) is 9.39. The smallest absolute Gasteiger partial charge is 0.545 e. The monoisotopic (exact) mass is 307 g/mol. The third-order valence-corrected chi connectivity index (χ3v) is 2.17. The number of hydrogen-bond donors (Lipinski definition) is 0. The van der Waals surface area contributed by atoms with E-state index in [0.717, 1.165) is 6.20 Å². The second kappa shape index (κ2) is 5.15. The third kappa shape index (κ3) is 2.81. The van der Waals surface area contributed by atoms with Gasteiger partial charge in [0.25, 0.3) is 0 Å². The summed E-state index contributed by atoms with van der Waals surface area (Å²) in [6, 6.07) is 0. The first-order valence-electron chi connectivity index (χ1n) is 2.75. The van der Waals surface area contributed by atoms with E-state index in [9.17, 15) is 14.3 Å². The van der Waals surface area contributed by atoms with Crippen LogP contribution in [0.25, 0.3) is 0 Å². The molecule has 7 heteroatoms. The van der Waals surface area contributed by atoms with Crippen LogP contribution in [-0.2, 0) is 0 Å². The molecular weight excluding hydrogens is 306 g/mol. The van der Waals surface area contributed by atoms with Gasteiger partial charge in [0.2, 0.25) is 0 Å². The Labute approximate surface area is 104 Å². The van der Waals surface area contributed by atoms with Crippen molar-refractivity contribution >= 4 is 40.2 Å². The molecule has 13 heavy (non-hydrogen) atoms. The molecule has 64 valence electrons. The minimum atomic E-state index is -1.66. The molecule has 1 rings (SSSR count). The summed E-state index contributed by atoms with van der Waals surface area (Å²) >= 11 is 6.93. The number of nitrogens with zero attached hydrogens (tertiary/aromatic N) is 1. The number of aromatic nitrogens is 1. The standard InChI is InChI=1S/C6H2ClFINO2.Li/c7-5-3(6(11)12)4(8)2(9)1-10-5;/h1H,(H,11,12);/q;+1/p-1. The van der Waals surface area contributed by atoms with E-state index in [4.69, 9.17) is 11.6 Å². The largest absolute Gasteiger partial charge is 1.00 e. The maximum atomic E-state index is 13.0. The Morgan fingerprint density at radius 3 is 2.62 bits per heavy atom. The molecule has 1 heterocycles. The predicted octanol–water partition coefficient (Wildman–Crippen LogP) is -2.15. The molecule has 1 aromatic rings. The maximum absolute atomic E-state index is 13.0. The molecule has 1 aromatic heterocycles. The van der Waals surface area contributed by atoms with E-state index in [2.05, 4.69) is 4.98 Å². The molecule has 0 atom stereocenters. The van der Waals surface area contributed by atoms with Crippen molar-refractivity contribution in [2.75, 3.05) is 0 Å². The van der Waals surface area contributed by atoms with E-state index in [1.54, 1.807) is 22.6 Å². The number of halogens is 3. The first-order valence-corrected chi connectivity index (χ1v) is 4.20. The van der Waals surface area contributed by atoms with Gasteiger partial charge in [-0.2, -0.15) is 0 Å². The quantitative estimate of drug-likeness (QED) is 0.338. The maximum Gasteiger partial charge on any atom is 1.00 e. The number of aromatic carboxylic acids is 1. The number of carbonyl (C=O) groups is 1. The molecule has 0 aliphatic heterocycles. The Balaban J connectivity index is 0.00000144. The Hall–Kier alpha value is 0.167. The first kappa shape index (κ1) is 13.2. The van der Waals surface area contributed by atoms with Gasteiger partial charge < -0.3 is 9.90 Å². The van der Waals surface area contributed by atoms with E-state index in [-0.39, 0.29) is 22.4 Å². The number of carbonyl (C=O) groups excluding carboxylic acids is 1. The molecule has 0 radical (unpaired) electrons. The summed E-state index contributed by atoms with van der Waals surface area (Å²) in [5.74, 6) is -2.57. The fourth-order valence-corrected chi connectivity index (χ4v) is 1.24. The van der Waals surface area contributed by atoms with Gasteiger partial charge in [0.1, 0.15) is 11.0 Å². The zero-order chi connectivity index (χ0) is 9.30. The predicted molar refractivity (Wildman–Crippen MR) is 46.3 cm³/mol. The van der Waals surface area contributed by atoms with Crippen LogP contribution < -0.4 is 24.0 Å². The summed E-state index contributed by atoms with van der Waals surface area (Å²) in [5, 5.41) is 9.92. The van der Waals surface area contributed by atoms with Crippen molar-refractivity contribution in [3.8, 4) is 0 Å². The van der Waals surface area contributed by atoms with Gasteiger partial charge in [-0.1, -0.05) is 11.6 Å². The van der Waals surface area contributed by atoms with Crippen LogP contribution in [0.3, 0.4) is 0 Å². The van der Waals surface area contributed by atoms with Gasteiger partial charge in [-0.15, -0.1) is 0 Å². The zero-order valence-electron chi connectivity index (χ0n) is 6.47. The molecule has 0 aliphatic carbocycles. The summed E-state index contributed by atoms with van der Waals surface area (Å²) in [7, 11) is 0. The number of carboxylic acids is 1. The van der Waals surface area contributed by atoms with Crippen molar-refractivity contribution in [3.05, 3.63) is 26.3 Å². The minimum Gasteiger partial charge on any atom is -0.545 e. The van der Waals surface area contributed by atoms with Crippen molar-refractivity contribution in [3.63, 3.8) is 0 Å². The van der Waals surface area contributed by atoms with Crippen LogP contribution in [0.15, 0.2) is 6.20 Å². The first-order chi connectivity index (χ1) is 5.54. The van der Waals surface area contributed by atoms with Gasteiger partial charge in [0.15, 0.2) is 0 Å². The molecule has 0 saturated carbocycles. The van der Waals surface area contributed by atoms with Crippen molar-refractivity contribution in [1.29, 1.82) is 0 Å². The number of pyridine rings is 1. The molecule has 0 amide bonds. The van der Waals surface area contributed by atoms with Crippen LogP contribution in [0.4, 0.5) is 4.39 Å². The van der Waals surface area contributed by atoms with Crippen molar-refractivity contribution in [2.24, 2.45) is 0 Å². The van der Waals surface area contributed by atoms with Gasteiger partial charge in [0.05, 0.1) is 15.1 Å². The van der Waals surface area contributed by atoms with E-state index >= 15 is 0 Å². The molecule has 0 fully saturated rings. The summed E-state index contributed by atoms with van der Waals surface area (Å²) in [4.78, 5) is 13.8. The van der Waals surface area contributed by atoms with Crippen LogP contribution in [0.5, 0.6) is 0 Å². The van der Waals surface area contributed by atoms with Crippen LogP contribution >= 0.6 is 34.2 Å². The molecular formula is C6HClFILiNO2. The van der Waals surface area contributed by atoms with Crippen LogP contribution in [0, 0.1) is 9.39 Å². The summed E-state index contributed by atoms with van der Waals surface area (Å²) in [6.45, 7) is 0. The van der Waals surface area contributed by atoms with E-state index < -0.39 is 22.5 Å². The van der Waals surface area contributed by atoms with E-state index in [0.29, 0.717) is 0 Å². The Kier molecular flexibility index (Phi) is 5.21. The third-order valence-electron chi connectivity index (χ3n) is 1.13. The average molecular weight is 307 g/mol. The fraction of sp³-hybridized carbons (Fsp3) is 0. The summed E-state index contributed by atoms with van der Waals surface area (Å²) in [6.07, 6.45) is 1.14. The van der Waals surface area contributed by atoms with Gasteiger partial charge in [0, 0.05) is 6.20 Å². The Morgan fingerprint density at radius 2 is 2.23 bits per heavy atom. The molecule has 0 bridgehead atoms. The molecule has 0 saturated heterocycles. The van der Waals surface area contributed by atoms with Gasteiger partial charge in [-0.05, 0) is 22.6 Å². The Morgan fingerprint density at radius 1 is 1.69 bits per heavy atom. The molecule has 3 nitrogen and oxygen atoms in total. The number of hydrogen-bond acceptors (Lipinski definition) is 3. The van der Waals surface area contributed by atoms with Crippen molar-refractivity contribution in [1.82, 2.24) is 4.98 Å². The second-order valence-corrected chi connectivity index (χ2v) is 3.39.